The van der Waals surface area contributed by atoms with Gasteiger partial charge in [0.1, 0.15) is 17.1 Å². The number of nitrogens with one attached hydrogen (secondary N) is 2. The summed E-state index contributed by atoms with van der Waals surface area (Å²) in [4.78, 5) is 3.91. The molecule has 0 aliphatic carbocycles. The first-order chi connectivity index (χ1) is 11.5. The molecular formula is C15H13F4N3O2S. The second-order valence-corrected chi connectivity index (χ2v) is 7.54. The van der Waals surface area contributed by atoms with Crippen LogP contribution in [0.1, 0.15) is 11.1 Å². The molecule has 2 N–H and O–H groups in total. The highest BCUT2D eigenvalue weighted by molar-refractivity contribution is 7.88. The van der Waals surface area contributed by atoms with E-state index in [1.165, 1.54) is 24.4 Å². The fourth-order valence-corrected chi connectivity index (χ4v) is 3.41. The summed E-state index contributed by atoms with van der Waals surface area (Å²) >= 11 is 0. The van der Waals surface area contributed by atoms with Gasteiger partial charge in [-0.2, -0.15) is 13.2 Å². The second-order valence-electron chi connectivity index (χ2n) is 5.71. The van der Waals surface area contributed by atoms with Crippen LogP contribution in [0.3, 0.4) is 0 Å². The quantitative estimate of drug-likeness (QED) is 0.810. The zero-order valence-corrected chi connectivity index (χ0v) is 13.7. The van der Waals surface area contributed by atoms with Gasteiger partial charge in [0.25, 0.3) is 0 Å². The molecular weight excluding hydrogens is 362 g/mol. The smallest absolute Gasteiger partial charge is 0.340 e. The van der Waals surface area contributed by atoms with Crippen LogP contribution in [0.5, 0.6) is 0 Å². The molecule has 0 radical (unpaired) electrons. The van der Waals surface area contributed by atoms with Gasteiger partial charge >= 0.3 is 6.18 Å². The van der Waals surface area contributed by atoms with Crippen LogP contribution in [0.2, 0.25) is 0 Å². The minimum Gasteiger partial charge on any atom is -0.340 e. The summed E-state index contributed by atoms with van der Waals surface area (Å²) in [5.74, 6) is -0.921. The molecule has 1 aromatic heterocycles. The largest absolute Gasteiger partial charge is 0.403 e. The molecule has 1 atom stereocenters. The molecule has 0 spiro atoms. The molecule has 0 amide bonds. The van der Waals surface area contributed by atoms with Gasteiger partial charge in [0.15, 0.2) is 0 Å². The summed E-state index contributed by atoms with van der Waals surface area (Å²) < 4.78 is 81.3. The lowest BCUT2D eigenvalue weighted by atomic mass is 9.71. The highest BCUT2D eigenvalue weighted by Crippen LogP contribution is 2.53. The van der Waals surface area contributed by atoms with E-state index in [1.807, 2.05) is 4.72 Å². The number of fused-ring (bicyclic) bond motifs is 2. The molecule has 2 aromatic rings. The Morgan fingerprint density at radius 2 is 1.96 bits per heavy atom. The Hall–Kier alpha value is -2.20. The van der Waals surface area contributed by atoms with E-state index in [2.05, 4.69) is 10.3 Å². The maximum Gasteiger partial charge on any atom is 0.403 e. The number of nitrogens with zero attached hydrogens (tertiary/aromatic N) is 1. The molecule has 1 unspecified atom stereocenters. The van der Waals surface area contributed by atoms with E-state index >= 15 is 0 Å². The molecule has 0 fully saturated rings. The van der Waals surface area contributed by atoms with Crippen molar-refractivity contribution in [1.29, 1.82) is 0 Å². The minimum absolute atomic E-state index is 0.0141. The lowest BCUT2D eigenvalue weighted by molar-refractivity contribution is -0.176. The fourth-order valence-electron chi connectivity index (χ4n) is 2.94. The maximum absolute atomic E-state index is 14.2. The Labute approximate surface area is 141 Å². The highest BCUT2D eigenvalue weighted by Gasteiger charge is 2.60. The topological polar surface area (TPSA) is 71.1 Å². The number of alkyl halides is 3. The molecule has 0 saturated carbocycles. The zero-order valence-electron chi connectivity index (χ0n) is 12.9. The lowest BCUT2D eigenvalue weighted by Gasteiger charge is -2.41. The van der Waals surface area contributed by atoms with Gasteiger partial charge in [0, 0.05) is 24.0 Å². The predicted octanol–water partition coefficient (Wildman–Crippen LogP) is 2.68. The molecule has 1 aromatic carbocycles. The summed E-state index contributed by atoms with van der Waals surface area (Å²) in [5.41, 5.74) is -3.45. The third-order valence-electron chi connectivity index (χ3n) is 4.05. The third kappa shape index (κ3) is 2.95. The van der Waals surface area contributed by atoms with E-state index < -0.39 is 39.5 Å². The molecule has 25 heavy (non-hydrogen) atoms. The van der Waals surface area contributed by atoms with Crippen molar-refractivity contribution in [1.82, 2.24) is 9.71 Å². The van der Waals surface area contributed by atoms with Gasteiger partial charge < -0.3 is 5.32 Å². The van der Waals surface area contributed by atoms with Gasteiger partial charge in [-0.25, -0.2) is 22.5 Å². The molecule has 134 valence electrons. The molecule has 0 bridgehead atoms. The van der Waals surface area contributed by atoms with Crippen LogP contribution < -0.4 is 10.0 Å². The second kappa shape index (κ2) is 5.67. The third-order valence-corrected chi connectivity index (χ3v) is 4.71. The number of hydrogen-bond acceptors (Lipinski definition) is 4. The van der Waals surface area contributed by atoms with Gasteiger partial charge in [-0.1, -0.05) is 6.07 Å². The van der Waals surface area contributed by atoms with Gasteiger partial charge in [0.05, 0.1) is 6.26 Å². The highest BCUT2D eigenvalue weighted by atomic mass is 32.2. The van der Waals surface area contributed by atoms with Crippen molar-refractivity contribution < 1.29 is 26.0 Å². The van der Waals surface area contributed by atoms with Gasteiger partial charge in [-0.3, -0.25) is 0 Å². The Kier molecular flexibility index (Phi) is 3.99. The predicted molar refractivity (Wildman–Crippen MR) is 83.6 cm³/mol. The summed E-state index contributed by atoms with van der Waals surface area (Å²) in [5, 5.41) is 2.74. The first kappa shape index (κ1) is 17.6. The SMILES string of the molecule is CS(=O)(=O)NCC1(C(F)(F)F)c2cc(F)ccc2Nc2ncccc21. The van der Waals surface area contributed by atoms with Crippen LogP contribution >= 0.6 is 0 Å². The van der Waals surface area contributed by atoms with Crippen molar-refractivity contribution in [2.24, 2.45) is 0 Å². The van der Waals surface area contributed by atoms with E-state index in [0.29, 0.717) is 0 Å². The number of rotatable bonds is 3. The molecule has 0 saturated heterocycles. The molecule has 2 heterocycles. The van der Waals surface area contributed by atoms with E-state index in [0.717, 1.165) is 18.4 Å². The summed E-state index contributed by atoms with van der Waals surface area (Å²) in [6, 6.07) is 5.45. The number of benzene rings is 1. The average Bonchev–Trinajstić information content (AvgIpc) is 2.49. The fraction of sp³-hybridized carbons (Fsp3) is 0.267. The molecule has 10 heteroatoms. The normalized spacial score (nSPS) is 19.7. The van der Waals surface area contributed by atoms with E-state index in [1.54, 1.807) is 0 Å². The van der Waals surface area contributed by atoms with Gasteiger partial charge in [0.2, 0.25) is 10.0 Å². The Balaban J connectivity index is 2.34. The van der Waals surface area contributed by atoms with Crippen molar-refractivity contribution >= 4 is 21.5 Å². The number of sulfonamides is 1. The van der Waals surface area contributed by atoms with Crippen LogP contribution in [0.25, 0.3) is 0 Å². The summed E-state index contributed by atoms with van der Waals surface area (Å²) in [6.07, 6.45) is -2.84. The van der Waals surface area contributed by atoms with Crippen LogP contribution in [0, 0.1) is 5.82 Å². The van der Waals surface area contributed by atoms with Crippen molar-refractivity contribution in [3.8, 4) is 0 Å². The van der Waals surface area contributed by atoms with Crippen LogP contribution in [0.15, 0.2) is 36.5 Å². The van der Waals surface area contributed by atoms with Gasteiger partial charge in [-0.15, -0.1) is 0 Å². The van der Waals surface area contributed by atoms with Crippen molar-refractivity contribution in [3.05, 3.63) is 53.5 Å². The van der Waals surface area contributed by atoms with Crippen LogP contribution in [-0.2, 0) is 15.4 Å². The molecule has 1 aliphatic rings. The van der Waals surface area contributed by atoms with Crippen molar-refractivity contribution in [2.75, 3.05) is 18.1 Å². The number of halogens is 4. The van der Waals surface area contributed by atoms with Crippen LogP contribution in [-0.4, -0.2) is 32.4 Å². The van der Waals surface area contributed by atoms with Crippen molar-refractivity contribution in [3.63, 3.8) is 0 Å². The van der Waals surface area contributed by atoms with Crippen LogP contribution in [0.4, 0.5) is 29.1 Å². The van der Waals surface area contributed by atoms with Crippen molar-refractivity contribution in [2.45, 2.75) is 11.6 Å². The van der Waals surface area contributed by atoms with E-state index in [-0.39, 0.29) is 17.1 Å². The number of pyridine rings is 1. The average molecular weight is 375 g/mol. The standard InChI is InChI=1S/C15H13F4N3O2S/c1-25(23,24)21-8-14(15(17,18)19)10-3-2-6-20-13(10)22-12-5-4-9(16)7-11(12)14/h2-7,21H,8H2,1H3,(H,20,22). The lowest BCUT2D eigenvalue weighted by Crippen LogP contribution is -2.53. The molecule has 5 nitrogen and oxygen atoms in total. The van der Waals surface area contributed by atoms with E-state index in [9.17, 15) is 26.0 Å². The Bertz CT molecular complexity index is 931. The Morgan fingerprint density at radius 3 is 2.60 bits per heavy atom. The first-order valence-corrected chi connectivity index (χ1v) is 8.98. The molecule has 1 aliphatic heterocycles. The maximum atomic E-state index is 14.2. The molecule has 3 rings (SSSR count). The van der Waals surface area contributed by atoms with Gasteiger partial charge in [-0.05, 0) is 29.8 Å². The number of aromatic nitrogens is 1. The van der Waals surface area contributed by atoms with E-state index in [4.69, 9.17) is 0 Å². The summed E-state index contributed by atoms with van der Waals surface area (Å²) in [6.45, 7) is -1.01. The summed E-state index contributed by atoms with van der Waals surface area (Å²) in [7, 11) is -3.92. The number of hydrogen-bond donors (Lipinski definition) is 2. The monoisotopic (exact) mass is 375 g/mol. The first-order valence-electron chi connectivity index (χ1n) is 7.08. The zero-order chi connectivity index (χ0) is 18.5. The number of anilines is 2. The Morgan fingerprint density at radius 1 is 1.24 bits per heavy atom. The minimum atomic E-state index is -4.91.